The minimum Gasteiger partial charge on any atom is -0.463 e. The Morgan fingerprint density at radius 3 is 1.62 bits per heavy atom. The van der Waals surface area contributed by atoms with Crippen molar-refractivity contribution in [3.63, 3.8) is 0 Å². The molecule has 0 saturated heterocycles. The molecule has 2 aromatic heterocycles. The smallest absolute Gasteiger partial charge is 0.427 e. The van der Waals surface area contributed by atoms with Gasteiger partial charge in [-0.1, -0.05) is 0 Å². The van der Waals surface area contributed by atoms with Crippen LogP contribution in [-0.4, -0.2) is 38.8 Å². The molecule has 128 valence electrons. The molecule has 0 saturated carbocycles. The molecule has 24 heavy (non-hydrogen) atoms. The highest BCUT2D eigenvalue weighted by Gasteiger charge is 1.94. The molecule has 0 bridgehead atoms. The molecule has 10 heteroatoms. The monoisotopic (exact) mass is 336 g/mol. The lowest BCUT2D eigenvalue weighted by molar-refractivity contribution is 0.170. The Morgan fingerprint density at radius 1 is 0.917 bits per heavy atom. The predicted octanol–water partition coefficient (Wildman–Crippen LogP) is 1.94. The first-order chi connectivity index (χ1) is 11.7. The van der Waals surface area contributed by atoms with Crippen LogP contribution >= 0.6 is 0 Å². The van der Waals surface area contributed by atoms with Crippen LogP contribution in [0.15, 0.2) is 55.8 Å². The van der Waals surface area contributed by atoms with E-state index in [1.165, 1.54) is 39.2 Å². The number of rotatable bonds is 4. The topological polar surface area (TPSA) is 128 Å². The Kier molecular flexibility index (Phi) is 8.53. The van der Waals surface area contributed by atoms with E-state index < -0.39 is 12.2 Å². The van der Waals surface area contributed by atoms with Gasteiger partial charge in [-0.25, -0.2) is 20.4 Å². The average molecular weight is 336 g/mol. The number of nitrogens with one attached hydrogen (secondary N) is 2. The molecule has 0 aromatic carbocycles. The first-order valence-electron chi connectivity index (χ1n) is 6.46. The molecule has 2 N–H and O–H groups in total. The minimum atomic E-state index is -0.613. The third-order valence-electron chi connectivity index (χ3n) is 2.15. The summed E-state index contributed by atoms with van der Waals surface area (Å²) in [6.45, 7) is 0. The van der Waals surface area contributed by atoms with E-state index in [0.717, 1.165) is 0 Å². The number of hydrogen-bond acceptors (Lipinski definition) is 8. The quantitative estimate of drug-likeness (QED) is 0.648. The van der Waals surface area contributed by atoms with Gasteiger partial charge in [0.25, 0.3) is 0 Å². The van der Waals surface area contributed by atoms with Gasteiger partial charge in [-0.3, -0.25) is 0 Å². The third kappa shape index (κ3) is 8.02. The van der Waals surface area contributed by atoms with E-state index in [4.69, 9.17) is 8.83 Å². The lowest BCUT2D eigenvalue weighted by atomic mass is 10.5. The summed E-state index contributed by atoms with van der Waals surface area (Å²) in [5, 5.41) is 7.08. The zero-order valence-electron chi connectivity index (χ0n) is 13.0. The van der Waals surface area contributed by atoms with Crippen molar-refractivity contribution in [2.45, 2.75) is 0 Å². The van der Waals surface area contributed by atoms with Gasteiger partial charge in [0.1, 0.15) is 11.5 Å². The van der Waals surface area contributed by atoms with Crippen LogP contribution in [-0.2, 0) is 9.47 Å². The standard InChI is InChI=1S/2C7H8N2O3/c2*1-11-7(10)9-8-5-6-3-2-4-12-6/h2*2-5H,1H3,(H,9,10)/b2*8-5+. The van der Waals surface area contributed by atoms with Crippen molar-refractivity contribution in [2.75, 3.05) is 14.2 Å². The van der Waals surface area contributed by atoms with Crippen molar-refractivity contribution in [1.82, 2.24) is 10.9 Å². The number of nitrogens with zero attached hydrogens (tertiary/aromatic N) is 2. The maximum absolute atomic E-state index is 10.5. The van der Waals surface area contributed by atoms with Crippen molar-refractivity contribution in [2.24, 2.45) is 10.2 Å². The molecular formula is C14H16N4O6. The van der Waals surface area contributed by atoms with Crippen LogP contribution in [0.4, 0.5) is 9.59 Å². The Hall–Kier alpha value is -3.56. The first-order valence-corrected chi connectivity index (χ1v) is 6.46. The number of ether oxygens (including phenoxy) is 2. The van der Waals surface area contributed by atoms with Gasteiger partial charge in [0.15, 0.2) is 0 Å². The molecule has 2 amide bonds. The lowest BCUT2D eigenvalue weighted by Crippen LogP contribution is -2.16. The van der Waals surface area contributed by atoms with Crippen LogP contribution in [0.5, 0.6) is 0 Å². The molecular weight excluding hydrogens is 320 g/mol. The van der Waals surface area contributed by atoms with E-state index in [0.29, 0.717) is 11.5 Å². The molecule has 2 rings (SSSR count). The highest BCUT2D eigenvalue weighted by atomic mass is 16.5. The Labute approximate surface area is 137 Å². The second-order valence-corrected chi connectivity index (χ2v) is 3.75. The molecule has 0 radical (unpaired) electrons. The average Bonchev–Trinajstić information content (AvgIpc) is 3.29. The van der Waals surface area contributed by atoms with Gasteiger partial charge in [-0.15, -0.1) is 0 Å². The van der Waals surface area contributed by atoms with Crippen LogP contribution in [0.3, 0.4) is 0 Å². The van der Waals surface area contributed by atoms with Gasteiger partial charge >= 0.3 is 12.2 Å². The second-order valence-electron chi connectivity index (χ2n) is 3.75. The molecule has 0 aliphatic rings. The minimum absolute atomic E-state index is 0.561. The molecule has 10 nitrogen and oxygen atoms in total. The van der Waals surface area contributed by atoms with E-state index >= 15 is 0 Å². The Balaban J connectivity index is 0.000000240. The predicted molar refractivity (Wildman–Crippen MR) is 83.7 cm³/mol. The second kappa shape index (κ2) is 11.1. The van der Waals surface area contributed by atoms with E-state index in [9.17, 15) is 9.59 Å². The normalized spacial score (nSPS) is 10.1. The summed E-state index contributed by atoms with van der Waals surface area (Å²) in [4.78, 5) is 20.9. The van der Waals surface area contributed by atoms with Crippen LogP contribution in [0.2, 0.25) is 0 Å². The SMILES string of the molecule is COC(=O)N/N=C/c1ccco1.COC(=O)N/N=C/c1ccco1. The van der Waals surface area contributed by atoms with Gasteiger partial charge < -0.3 is 18.3 Å². The molecule has 0 fully saturated rings. The van der Waals surface area contributed by atoms with Crippen molar-refractivity contribution >= 4 is 24.6 Å². The fraction of sp³-hybridized carbons (Fsp3) is 0.143. The van der Waals surface area contributed by atoms with Gasteiger partial charge in [0.2, 0.25) is 0 Å². The Morgan fingerprint density at radius 2 is 1.33 bits per heavy atom. The number of amides is 2. The van der Waals surface area contributed by atoms with Crippen molar-refractivity contribution in [3.05, 3.63) is 48.3 Å². The summed E-state index contributed by atoms with van der Waals surface area (Å²) in [6.07, 6.45) is 4.54. The van der Waals surface area contributed by atoms with Crippen molar-refractivity contribution in [1.29, 1.82) is 0 Å². The molecule has 0 aliphatic heterocycles. The molecule has 0 unspecified atom stereocenters. The maximum atomic E-state index is 10.5. The summed E-state index contributed by atoms with van der Waals surface area (Å²) in [7, 11) is 2.52. The van der Waals surface area contributed by atoms with Crippen molar-refractivity contribution < 1.29 is 27.9 Å². The van der Waals surface area contributed by atoms with E-state index in [1.54, 1.807) is 24.3 Å². The number of hydrogen-bond donors (Lipinski definition) is 2. The van der Waals surface area contributed by atoms with Crippen LogP contribution in [0, 0.1) is 0 Å². The molecule has 0 atom stereocenters. The zero-order valence-corrected chi connectivity index (χ0v) is 13.0. The van der Waals surface area contributed by atoms with Gasteiger partial charge in [-0.2, -0.15) is 10.2 Å². The Bertz CT molecular complexity index is 591. The summed E-state index contributed by atoms with van der Waals surface area (Å²) in [5.41, 5.74) is 4.24. The fourth-order valence-electron chi connectivity index (χ4n) is 1.12. The number of furan rings is 2. The highest BCUT2D eigenvalue weighted by molar-refractivity contribution is 5.78. The van der Waals surface area contributed by atoms with Crippen LogP contribution < -0.4 is 10.9 Å². The molecule has 2 heterocycles. The van der Waals surface area contributed by atoms with Gasteiger partial charge in [0.05, 0.1) is 39.2 Å². The fourth-order valence-corrected chi connectivity index (χ4v) is 1.12. The summed E-state index contributed by atoms with van der Waals surface area (Å²) in [5.74, 6) is 1.12. The number of methoxy groups -OCH3 is 2. The number of carbonyl (C=O) groups is 2. The largest absolute Gasteiger partial charge is 0.463 e. The first kappa shape index (κ1) is 18.5. The number of carbonyl (C=O) groups excluding carboxylic acids is 2. The third-order valence-corrected chi connectivity index (χ3v) is 2.15. The van der Waals surface area contributed by atoms with Gasteiger partial charge in [-0.05, 0) is 24.3 Å². The highest BCUT2D eigenvalue weighted by Crippen LogP contribution is 1.94. The van der Waals surface area contributed by atoms with E-state index in [2.05, 4.69) is 30.5 Å². The van der Waals surface area contributed by atoms with E-state index in [-0.39, 0.29) is 0 Å². The maximum Gasteiger partial charge on any atom is 0.427 e. The van der Waals surface area contributed by atoms with Gasteiger partial charge in [0, 0.05) is 0 Å². The molecule has 0 aliphatic carbocycles. The van der Waals surface area contributed by atoms with Crippen LogP contribution in [0.1, 0.15) is 11.5 Å². The molecule has 2 aromatic rings. The van der Waals surface area contributed by atoms with Crippen molar-refractivity contribution in [3.8, 4) is 0 Å². The van der Waals surface area contributed by atoms with Crippen LogP contribution in [0.25, 0.3) is 0 Å². The summed E-state index contributed by atoms with van der Waals surface area (Å²) in [6, 6.07) is 6.86. The summed E-state index contributed by atoms with van der Waals surface area (Å²) < 4.78 is 18.4. The van der Waals surface area contributed by atoms with E-state index in [1.807, 2.05) is 0 Å². The summed E-state index contributed by atoms with van der Waals surface area (Å²) >= 11 is 0. The molecule has 0 spiro atoms. The zero-order chi connectivity index (χ0) is 17.6. The lowest BCUT2D eigenvalue weighted by Gasteiger charge is -1.93. The number of hydrazone groups is 2.